The molecule has 5 heteroatoms. The molecule has 1 aliphatic rings. The minimum atomic E-state index is -0.454. The van der Waals surface area contributed by atoms with Crippen LogP contribution in [0.4, 0.5) is 0 Å². The van der Waals surface area contributed by atoms with E-state index < -0.39 is 5.91 Å². The largest absolute Gasteiger partial charge is 0.364 e. The lowest BCUT2D eigenvalue weighted by molar-refractivity contribution is 0.0994. The van der Waals surface area contributed by atoms with Crippen molar-refractivity contribution in [3.8, 4) is 5.82 Å². The standard InChI is InChI=1S/C14H16N4O/c1-9-6-7-16-12(8-9)18-11-5-3-2-4-10(11)13(17-18)14(15)19/h6-8H,2-5H2,1H3,(H2,15,19). The summed E-state index contributed by atoms with van der Waals surface area (Å²) in [4.78, 5) is 15.8. The number of pyridine rings is 1. The van der Waals surface area contributed by atoms with Gasteiger partial charge in [-0.2, -0.15) is 5.10 Å². The minimum absolute atomic E-state index is 0.401. The van der Waals surface area contributed by atoms with Crippen molar-refractivity contribution in [2.24, 2.45) is 5.73 Å². The first kappa shape index (κ1) is 11.9. The lowest BCUT2D eigenvalue weighted by atomic mass is 9.95. The van der Waals surface area contributed by atoms with E-state index in [1.807, 2.05) is 19.1 Å². The molecule has 0 spiro atoms. The molecule has 98 valence electrons. The predicted octanol–water partition coefficient (Wildman–Crippen LogP) is 1.55. The minimum Gasteiger partial charge on any atom is -0.364 e. The van der Waals surface area contributed by atoms with Crippen molar-refractivity contribution in [3.63, 3.8) is 0 Å². The highest BCUT2D eigenvalue weighted by molar-refractivity contribution is 5.92. The van der Waals surface area contributed by atoms with Gasteiger partial charge in [0, 0.05) is 11.8 Å². The van der Waals surface area contributed by atoms with Gasteiger partial charge < -0.3 is 5.73 Å². The fourth-order valence-electron chi connectivity index (χ4n) is 2.62. The molecule has 0 saturated heterocycles. The molecule has 1 amide bonds. The maximum Gasteiger partial charge on any atom is 0.269 e. The van der Waals surface area contributed by atoms with Crippen LogP contribution in [-0.2, 0) is 12.8 Å². The molecule has 2 N–H and O–H groups in total. The maximum absolute atomic E-state index is 11.5. The van der Waals surface area contributed by atoms with E-state index in [-0.39, 0.29) is 0 Å². The normalized spacial score (nSPS) is 14.2. The topological polar surface area (TPSA) is 73.8 Å². The number of primary amides is 1. The highest BCUT2D eigenvalue weighted by atomic mass is 16.1. The van der Waals surface area contributed by atoms with Crippen LogP contribution in [0.3, 0.4) is 0 Å². The number of hydrogen-bond acceptors (Lipinski definition) is 3. The van der Waals surface area contributed by atoms with Crippen LogP contribution in [0.5, 0.6) is 0 Å². The lowest BCUT2D eigenvalue weighted by Crippen LogP contribution is -2.15. The van der Waals surface area contributed by atoms with Crippen molar-refractivity contribution in [2.45, 2.75) is 32.6 Å². The molecule has 3 rings (SSSR count). The lowest BCUT2D eigenvalue weighted by Gasteiger charge is -2.13. The van der Waals surface area contributed by atoms with Crippen molar-refractivity contribution in [2.75, 3.05) is 0 Å². The second kappa shape index (κ2) is 4.50. The van der Waals surface area contributed by atoms with Gasteiger partial charge in [0.15, 0.2) is 11.5 Å². The van der Waals surface area contributed by atoms with Crippen LogP contribution in [0.15, 0.2) is 18.3 Å². The molecular weight excluding hydrogens is 240 g/mol. The second-order valence-corrected chi connectivity index (χ2v) is 4.95. The molecule has 2 heterocycles. The summed E-state index contributed by atoms with van der Waals surface area (Å²) in [7, 11) is 0. The number of nitrogens with two attached hydrogens (primary N) is 1. The fourth-order valence-corrected chi connectivity index (χ4v) is 2.62. The SMILES string of the molecule is Cc1ccnc(-n2nc(C(N)=O)c3c2CCCC3)c1. The summed E-state index contributed by atoms with van der Waals surface area (Å²) in [5.41, 5.74) is 9.02. The monoisotopic (exact) mass is 256 g/mol. The number of fused-ring (bicyclic) bond motifs is 1. The van der Waals surface area contributed by atoms with E-state index in [0.29, 0.717) is 5.69 Å². The number of aromatic nitrogens is 3. The third kappa shape index (κ3) is 2.01. The van der Waals surface area contributed by atoms with Crippen LogP contribution in [0.2, 0.25) is 0 Å². The van der Waals surface area contributed by atoms with E-state index in [4.69, 9.17) is 5.73 Å². The molecule has 2 aromatic rings. The Labute approximate surface area is 111 Å². The van der Waals surface area contributed by atoms with Gasteiger partial charge in [-0.25, -0.2) is 9.67 Å². The molecule has 1 aliphatic carbocycles. The van der Waals surface area contributed by atoms with Crippen LogP contribution in [0, 0.1) is 6.92 Å². The highest BCUT2D eigenvalue weighted by Crippen LogP contribution is 2.26. The van der Waals surface area contributed by atoms with Crippen molar-refractivity contribution in [1.82, 2.24) is 14.8 Å². The number of carbonyl (C=O) groups is 1. The van der Waals surface area contributed by atoms with Crippen molar-refractivity contribution in [3.05, 3.63) is 40.8 Å². The Morgan fingerprint density at radius 2 is 2.16 bits per heavy atom. The van der Waals surface area contributed by atoms with Gasteiger partial charge in [-0.3, -0.25) is 4.79 Å². The molecule has 0 aromatic carbocycles. The maximum atomic E-state index is 11.5. The molecule has 0 aliphatic heterocycles. The van der Waals surface area contributed by atoms with Crippen molar-refractivity contribution >= 4 is 5.91 Å². The molecule has 0 radical (unpaired) electrons. The van der Waals surface area contributed by atoms with E-state index in [1.54, 1.807) is 10.9 Å². The molecular formula is C14H16N4O. The van der Waals surface area contributed by atoms with Crippen LogP contribution < -0.4 is 5.73 Å². The van der Waals surface area contributed by atoms with Gasteiger partial charge in [0.25, 0.3) is 5.91 Å². The molecule has 0 fully saturated rings. The number of amides is 1. The van der Waals surface area contributed by atoms with E-state index in [9.17, 15) is 4.79 Å². The van der Waals surface area contributed by atoms with E-state index >= 15 is 0 Å². The first-order valence-corrected chi connectivity index (χ1v) is 6.50. The summed E-state index contributed by atoms with van der Waals surface area (Å²) >= 11 is 0. The van der Waals surface area contributed by atoms with E-state index in [1.165, 1.54) is 0 Å². The third-order valence-corrected chi connectivity index (χ3v) is 3.53. The smallest absolute Gasteiger partial charge is 0.269 e. The Hall–Kier alpha value is -2.17. The molecule has 0 saturated carbocycles. The zero-order valence-corrected chi connectivity index (χ0v) is 10.9. The van der Waals surface area contributed by atoms with Gasteiger partial charge in [0.2, 0.25) is 0 Å². The number of hydrogen-bond donors (Lipinski definition) is 1. The summed E-state index contributed by atoms with van der Waals surface area (Å²) in [6.07, 6.45) is 5.75. The number of aryl methyl sites for hydroxylation is 1. The van der Waals surface area contributed by atoms with Crippen molar-refractivity contribution < 1.29 is 4.79 Å². The Kier molecular flexibility index (Phi) is 2.81. The summed E-state index contributed by atoms with van der Waals surface area (Å²) < 4.78 is 1.78. The van der Waals surface area contributed by atoms with Gasteiger partial charge in [-0.05, 0) is 50.3 Å². The van der Waals surface area contributed by atoms with Gasteiger partial charge in [0.05, 0.1) is 5.69 Å². The number of rotatable bonds is 2. The molecule has 0 atom stereocenters. The number of nitrogens with zero attached hydrogens (tertiary/aromatic N) is 3. The Balaban J connectivity index is 2.19. The van der Waals surface area contributed by atoms with Crippen LogP contribution in [0.25, 0.3) is 5.82 Å². The fraction of sp³-hybridized carbons (Fsp3) is 0.357. The first-order chi connectivity index (χ1) is 9.16. The molecule has 0 bridgehead atoms. The third-order valence-electron chi connectivity index (χ3n) is 3.53. The summed E-state index contributed by atoms with van der Waals surface area (Å²) in [5.74, 6) is 0.301. The van der Waals surface area contributed by atoms with E-state index in [0.717, 1.165) is 48.3 Å². The molecule has 0 unspecified atom stereocenters. The van der Waals surface area contributed by atoms with Crippen LogP contribution in [0.1, 0.15) is 40.2 Å². The zero-order valence-electron chi connectivity index (χ0n) is 10.9. The Bertz CT molecular complexity index is 645. The average molecular weight is 256 g/mol. The second-order valence-electron chi connectivity index (χ2n) is 4.95. The summed E-state index contributed by atoms with van der Waals surface area (Å²) in [6.45, 7) is 2.01. The van der Waals surface area contributed by atoms with Gasteiger partial charge in [-0.1, -0.05) is 0 Å². The quantitative estimate of drug-likeness (QED) is 0.886. The predicted molar refractivity (Wildman–Crippen MR) is 71.3 cm³/mol. The van der Waals surface area contributed by atoms with Gasteiger partial charge >= 0.3 is 0 Å². The zero-order chi connectivity index (χ0) is 13.4. The van der Waals surface area contributed by atoms with Gasteiger partial charge in [0.1, 0.15) is 0 Å². The van der Waals surface area contributed by atoms with Gasteiger partial charge in [-0.15, -0.1) is 0 Å². The summed E-state index contributed by atoms with van der Waals surface area (Å²) in [6, 6.07) is 3.90. The Morgan fingerprint density at radius 1 is 1.37 bits per heavy atom. The first-order valence-electron chi connectivity index (χ1n) is 6.50. The number of carbonyl (C=O) groups excluding carboxylic acids is 1. The van der Waals surface area contributed by atoms with Crippen LogP contribution in [-0.4, -0.2) is 20.7 Å². The molecule has 5 nitrogen and oxygen atoms in total. The van der Waals surface area contributed by atoms with Crippen molar-refractivity contribution in [1.29, 1.82) is 0 Å². The average Bonchev–Trinajstić information content (AvgIpc) is 2.78. The Morgan fingerprint density at radius 3 is 2.89 bits per heavy atom. The molecule has 19 heavy (non-hydrogen) atoms. The van der Waals surface area contributed by atoms with E-state index in [2.05, 4.69) is 10.1 Å². The molecule has 2 aromatic heterocycles. The highest BCUT2D eigenvalue weighted by Gasteiger charge is 2.24. The van der Waals surface area contributed by atoms with Crippen LogP contribution >= 0.6 is 0 Å². The summed E-state index contributed by atoms with van der Waals surface area (Å²) in [5, 5.41) is 4.38.